The number of carbonyl (C=O) groups is 2. The Hall–Kier alpha value is -2.67. The van der Waals surface area contributed by atoms with E-state index in [1.54, 1.807) is 29.2 Å². The van der Waals surface area contributed by atoms with Crippen LogP contribution in [0.4, 0.5) is 10.1 Å². The van der Waals surface area contributed by atoms with Crippen molar-refractivity contribution in [3.63, 3.8) is 0 Å². The molecule has 1 N–H and O–H groups in total. The molecule has 1 aliphatic rings. The second-order valence-electron chi connectivity index (χ2n) is 6.23. The minimum absolute atomic E-state index is 0.120. The third-order valence-corrected chi connectivity index (χ3v) is 4.58. The zero-order valence-electron chi connectivity index (χ0n) is 14.7. The first-order chi connectivity index (χ1) is 12.6. The van der Waals surface area contributed by atoms with Gasteiger partial charge in [0.15, 0.2) is 5.76 Å². The van der Waals surface area contributed by atoms with E-state index in [9.17, 15) is 14.0 Å². The van der Waals surface area contributed by atoms with E-state index in [1.165, 1.54) is 18.4 Å². The van der Waals surface area contributed by atoms with E-state index in [1.807, 2.05) is 6.92 Å². The van der Waals surface area contributed by atoms with Crippen LogP contribution in [-0.2, 0) is 4.79 Å². The zero-order valence-corrected chi connectivity index (χ0v) is 14.7. The number of benzene rings is 1. The van der Waals surface area contributed by atoms with Crippen LogP contribution in [0.1, 0.15) is 23.9 Å². The number of nitrogens with one attached hydrogen (secondary N) is 1. The van der Waals surface area contributed by atoms with Gasteiger partial charge in [-0.25, -0.2) is 4.39 Å². The number of nitrogens with zero attached hydrogens (tertiary/aromatic N) is 2. The largest absolute Gasteiger partial charge is 0.459 e. The summed E-state index contributed by atoms with van der Waals surface area (Å²) in [6.45, 7) is 4.26. The Morgan fingerprint density at radius 2 is 1.85 bits per heavy atom. The molecular formula is C19H22FN3O3. The molecule has 6 nitrogen and oxygen atoms in total. The summed E-state index contributed by atoms with van der Waals surface area (Å²) in [5.41, 5.74) is 0.571. The number of piperazine rings is 1. The Labute approximate surface area is 151 Å². The van der Waals surface area contributed by atoms with Gasteiger partial charge in [0, 0.05) is 31.9 Å². The number of hydrogen-bond donors (Lipinski definition) is 1. The van der Waals surface area contributed by atoms with Crippen LogP contribution in [0.25, 0.3) is 0 Å². The predicted molar refractivity (Wildman–Crippen MR) is 95.3 cm³/mol. The fraction of sp³-hybridized carbons (Fsp3) is 0.368. The highest BCUT2D eigenvalue weighted by atomic mass is 19.1. The molecule has 0 unspecified atom stereocenters. The summed E-state index contributed by atoms with van der Waals surface area (Å²) in [6, 6.07) is 8.77. The highest BCUT2D eigenvalue weighted by Gasteiger charge is 2.30. The molecule has 0 aliphatic carbocycles. The van der Waals surface area contributed by atoms with Crippen LogP contribution >= 0.6 is 0 Å². The van der Waals surface area contributed by atoms with Crippen molar-refractivity contribution in [1.82, 2.24) is 9.80 Å². The Balaban J connectivity index is 1.56. The molecule has 1 fully saturated rings. The molecule has 1 atom stereocenters. The second kappa shape index (κ2) is 8.14. The number of amides is 2. The third-order valence-electron chi connectivity index (χ3n) is 4.58. The predicted octanol–water partition coefficient (Wildman–Crippen LogP) is 2.59. The third kappa shape index (κ3) is 4.11. The van der Waals surface area contributed by atoms with Crippen LogP contribution in [0.5, 0.6) is 0 Å². The Bertz CT molecular complexity index is 738. The molecule has 2 heterocycles. The summed E-state index contributed by atoms with van der Waals surface area (Å²) in [6.07, 6.45) is 2.13. The van der Waals surface area contributed by atoms with Crippen LogP contribution < -0.4 is 5.32 Å². The van der Waals surface area contributed by atoms with Gasteiger partial charge in [-0.15, -0.1) is 0 Å². The van der Waals surface area contributed by atoms with Crippen LogP contribution in [0.15, 0.2) is 47.1 Å². The fourth-order valence-corrected chi connectivity index (χ4v) is 3.16. The van der Waals surface area contributed by atoms with E-state index in [4.69, 9.17) is 4.42 Å². The lowest BCUT2D eigenvalue weighted by Gasteiger charge is -2.38. The van der Waals surface area contributed by atoms with Gasteiger partial charge in [-0.1, -0.05) is 6.92 Å². The lowest BCUT2D eigenvalue weighted by Crippen LogP contribution is -2.54. The Kier molecular flexibility index (Phi) is 5.68. The van der Waals surface area contributed by atoms with Gasteiger partial charge in [-0.05, 0) is 42.8 Å². The maximum Gasteiger partial charge on any atom is 0.289 e. The van der Waals surface area contributed by atoms with Crippen molar-refractivity contribution in [3.05, 3.63) is 54.2 Å². The van der Waals surface area contributed by atoms with Gasteiger partial charge in [-0.3, -0.25) is 14.5 Å². The van der Waals surface area contributed by atoms with Crippen molar-refractivity contribution >= 4 is 17.5 Å². The van der Waals surface area contributed by atoms with E-state index < -0.39 is 0 Å². The molecule has 2 aromatic rings. The van der Waals surface area contributed by atoms with Crippen molar-refractivity contribution in [1.29, 1.82) is 0 Å². The molecule has 1 aromatic carbocycles. The van der Waals surface area contributed by atoms with Gasteiger partial charge in [0.25, 0.3) is 5.91 Å². The first kappa shape index (κ1) is 18.1. The lowest BCUT2D eigenvalue weighted by atomic mass is 10.1. The smallest absolute Gasteiger partial charge is 0.289 e. The lowest BCUT2D eigenvalue weighted by molar-refractivity contribution is -0.122. The van der Waals surface area contributed by atoms with Crippen LogP contribution in [0.3, 0.4) is 0 Å². The van der Waals surface area contributed by atoms with Crippen molar-refractivity contribution in [2.45, 2.75) is 19.4 Å². The average molecular weight is 359 g/mol. The monoisotopic (exact) mass is 359 g/mol. The van der Waals surface area contributed by atoms with E-state index in [0.717, 1.165) is 0 Å². The normalized spacial score (nSPS) is 16.3. The minimum Gasteiger partial charge on any atom is -0.459 e. The van der Waals surface area contributed by atoms with Gasteiger partial charge in [0.2, 0.25) is 5.91 Å². The highest BCUT2D eigenvalue weighted by Crippen LogP contribution is 2.15. The second-order valence-corrected chi connectivity index (χ2v) is 6.23. The van der Waals surface area contributed by atoms with Crippen LogP contribution in [0.2, 0.25) is 0 Å². The fourth-order valence-electron chi connectivity index (χ4n) is 3.16. The van der Waals surface area contributed by atoms with Gasteiger partial charge in [0.05, 0.1) is 12.3 Å². The minimum atomic E-state index is -0.340. The van der Waals surface area contributed by atoms with Crippen molar-refractivity contribution < 1.29 is 18.4 Å². The molecule has 2 amide bonds. The van der Waals surface area contributed by atoms with Gasteiger partial charge in [0.1, 0.15) is 5.82 Å². The van der Waals surface area contributed by atoms with Crippen LogP contribution in [0, 0.1) is 5.82 Å². The van der Waals surface area contributed by atoms with Gasteiger partial charge >= 0.3 is 0 Å². The number of hydrogen-bond acceptors (Lipinski definition) is 4. The highest BCUT2D eigenvalue weighted by molar-refractivity contribution is 5.95. The molecule has 1 aromatic heterocycles. The molecular weight excluding hydrogens is 337 g/mol. The molecule has 0 radical (unpaired) electrons. The number of anilines is 1. The van der Waals surface area contributed by atoms with E-state index >= 15 is 0 Å². The zero-order chi connectivity index (χ0) is 18.5. The summed E-state index contributed by atoms with van der Waals surface area (Å²) in [4.78, 5) is 28.7. The molecule has 1 aliphatic heterocycles. The SMILES string of the molecule is CC[C@@H](C(=O)Nc1ccc(F)cc1)N1CCN(C(=O)c2ccco2)CC1. The van der Waals surface area contributed by atoms with Gasteiger partial charge in [-0.2, -0.15) is 0 Å². The van der Waals surface area contributed by atoms with Crippen molar-refractivity contribution in [3.8, 4) is 0 Å². The van der Waals surface area contributed by atoms with Crippen molar-refractivity contribution in [2.75, 3.05) is 31.5 Å². The maximum atomic E-state index is 13.0. The molecule has 7 heteroatoms. The molecule has 3 rings (SSSR count). The maximum absolute atomic E-state index is 13.0. The number of furan rings is 1. The molecule has 26 heavy (non-hydrogen) atoms. The summed E-state index contributed by atoms with van der Waals surface area (Å²) in [5, 5.41) is 2.83. The summed E-state index contributed by atoms with van der Waals surface area (Å²) in [5.74, 6) is -0.254. The van der Waals surface area contributed by atoms with Gasteiger partial charge < -0.3 is 14.6 Å². The quantitative estimate of drug-likeness (QED) is 0.891. The molecule has 1 saturated heterocycles. The van der Waals surface area contributed by atoms with E-state index in [-0.39, 0.29) is 23.7 Å². The topological polar surface area (TPSA) is 65.8 Å². The summed E-state index contributed by atoms with van der Waals surface area (Å²) < 4.78 is 18.1. The summed E-state index contributed by atoms with van der Waals surface area (Å²) in [7, 11) is 0. The number of rotatable bonds is 5. The average Bonchev–Trinajstić information content (AvgIpc) is 3.19. The first-order valence-electron chi connectivity index (χ1n) is 8.71. The number of carbonyl (C=O) groups excluding carboxylic acids is 2. The van der Waals surface area contributed by atoms with Crippen molar-refractivity contribution in [2.24, 2.45) is 0 Å². The molecule has 0 spiro atoms. The Morgan fingerprint density at radius 1 is 1.15 bits per heavy atom. The Morgan fingerprint density at radius 3 is 2.42 bits per heavy atom. The summed E-state index contributed by atoms with van der Waals surface area (Å²) >= 11 is 0. The van der Waals surface area contributed by atoms with E-state index in [2.05, 4.69) is 10.2 Å². The first-order valence-corrected chi connectivity index (χ1v) is 8.71. The molecule has 0 bridgehead atoms. The van der Waals surface area contributed by atoms with Crippen LogP contribution in [-0.4, -0.2) is 53.8 Å². The molecule has 0 saturated carbocycles. The number of halogens is 1. The molecule has 138 valence electrons. The standard InChI is InChI=1S/C19H22FN3O3/c1-2-16(18(24)21-15-7-5-14(20)6-8-15)22-9-11-23(12-10-22)19(25)17-4-3-13-26-17/h3-8,13,16H,2,9-12H2,1H3,(H,21,24)/t16-/m0/s1. The van der Waals surface area contributed by atoms with E-state index in [0.29, 0.717) is 44.0 Å².